The standard InChI is InChI=1S/C36H56N6Si/c1-33(2,3)23-39-31-9-7-8-10-32(31)40(24-34(4,5)6)43(39)41(35-17-25-11-26(18-35)13-27(12-25)19-35)37-38-42(43)36-20-28-14-29(21-36)16-30(15-28)22-36/h7-10,25-30H,11-24H2,1-6H3. The van der Waals surface area contributed by atoms with Crippen LogP contribution in [-0.4, -0.2) is 42.2 Å². The number of rotatable bonds is 4. The quantitative estimate of drug-likeness (QED) is 0.324. The highest BCUT2D eigenvalue weighted by atomic mass is 28.4. The Kier molecular flexibility index (Phi) is 5.59. The third-order valence-corrected chi connectivity index (χ3v) is 17.7. The van der Waals surface area contributed by atoms with Crippen molar-refractivity contribution in [3.63, 3.8) is 0 Å². The van der Waals surface area contributed by atoms with E-state index in [9.17, 15) is 0 Å². The van der Waals surface area contributed by atoms with Gasteiger partial charge >= 0.3 is 8.72 Å². The Morgan fingerprint density at radius 1 is 0.581 bits per heavy atom. The van der Waals surface area contributed by atoms with E-state index in [0.29, 0.717) is 0 Å². The summed E-state index contributed by atoms with van der Waals surface area (Å²) in [5.41, 5.74) is 3.54. The van der Waals surface area contributed by atoms with Crippen molar-refractivity contribution >= 4 is 20.1 Å². The SMILES string of the molecule is CC(C)(C)CN1c2ccccc2N(CC(C)(C)C)[Si]12N(C13CC4CC(CC(C4)C1)C3)N=NN2C12CC3CC(CC(C3)C1)C2. The maximum atomic E-state index is 5.61. The first kappa shape index (κ1) is 27.5. The molecule has 0 amide bonds. The molecule has 0 aromatic heterocycles. The number of hydrogen-bond acceptors (Lipinski definition) is 6. The van der Waals surface area contributed by atoms with E-state index in [2.05, 4.69) is 84.3 Å². The largest absolute Gasteiger partial charge is 0.540 e. The number of hydrogen-bond donors (Lipinski definition) is 0. The number of benzene rings is 1. The van der Waals surface area contributed by atoms with Gasteiger partial charge in [0.1, 0.15) is 0 Å². The molecule has 2 aliphatic heterocycles. The molecular formula is C36H56N6Si. The van der Waals surface area contributed by atoms with Crippen molar-refractivity contribution in [1.82, 2.24) is 9.35 Å². The zero-order chi connectivity index (χ0) is 29.6. The summed E-state index contributed by atoms with van der Waals surface area (Å²) in [6, 6.07) is 9.49. The van der Waals surface area contributed by atoms with Gasteiger partial charge in [-0.1, -0.05) is 64.1 Å². The molecule has 1 aromatic rings. The van der Waals surface area contributed by atoms with Crippen molar-refractivity contribution in [2.45, 2.75) is 130 Å². The minimum Gasteiger partial charge on any atom is -0.343 e. The first-order valence-electron chi connectivity index (χ1n) is 18.0. The lowest BCUT2D eigenvalue weighted by atomic mass is 9.53. The van der Waals surface area contributed by atoms with Crippen LogP contribution in [0.1, 0.15) is 119 Å². The van der Waals surface area contributed by atoms with Crippen LogP contribution in [0, 0.1) is 46.3 Å². The second kappa shape index (κ2) is 8.73. The van der Waals surface area contributed by atoms with Crippen LogP contribution in [0.3, 0.4) is 0 Å². The topological polar surface area (TPSA) is 37.7 Å². The number of nitrogens with zero attached hydrogens (tertiary/aromatic N) is 6. The minimum absolute atomic E-state index is 0.160. The van der Waals surface area contributed by atoms with Crippen LogP contribution >= 0.6 is 0 Å². The Balaban J connectivity index is 1.28. The second-order valence-electron chi connectivity index (χ2n) is 19.5. The Labute approximate surface area is 261 Å². The Bertz CT molecular complexity index is 1150. The second-order valence-corrected chi connectivity index (χ2v) is 22.6. The predicted octanol–water partition coefficient (Wildman–Crippen LogP) is 8.68. The smallest absolute Gasteiger partial charge is 0.343 e. The van der Waals surface area contributed by atoms with Gasteiger partial charge in [-0.2, -0.15) is 0 Å². The molecule has 2 heterocycles. The average Bonchev–Trinajstić information content (AvgIpc) is 3.40. The fourth-order valence-electron chi connectivity index (χ4n) is 12.9. The molecule has 1 aromatic carbocycles. The summed E-state index contributed by atoms with van der Waals surface area (Å²) in [5.74, 6) is 5.32. The maximum Gasteiger partial charge on any atom is 0.540 e. The molecule has 0 atom stereocenters. The molecule has 6 nitrogen and oxygen atoms in total. The molecule has 11 rings (SSSR count). The van der Waals surface area contributed by atoms with Crippen molar-refractivity contribution < 1.29 is 0 Å². The maximum absolute atomic E-state index is 5.61. The number of anilines is 2. The zero-order valence-corrected chi connectivity index (χ0v) is 28.9. The van der Waals surface area contributed by atoms with Crippen LogP contribution in [0.25, 0.3) is 0 Å². The van der Waals surface area contributed by atoms with Crippen molar-refractivity contribution in [3.8, 4) is 0 Å². The average molecular weight is 601 g/mol. The van der Waals surface area contributed by atoms with Crippen LogP contribution in [0.2, 0.25) is 0 Å². The van der Waals surface area contributed by atoms with E-state index in [1.165, 1.54) is 88.4 Å². The summed E-state index contributed by atoms with van der Waals surface area (Å²) in [5, 5.41) is 11.2. The zero-order valence-electron chi connectivity index (χ0n) is 27.9. The molecule has 10 aliphatic rings. The highest BCUT2D eigenvalue weighted by Gasteiger charge is 2.76. The van der Waals surface area contributed by atoms with Gasteiger partial charge in [-0.05, 0) is 136 Å². The van der Waals surface area contributed by atoms with Gasteiger partial charge in [0.05, 0.1) is 22.5 Å². The van der Waals surface area contributed by atoms with Gasteiger partial charge in [0, 0.05) is 13.1 Å². The van der Waals surface area contributed by atoms with Gasteiger partial charge in [0.25, 0.3) is 0 Å². The van der Waals surface area contributed by atoms with Gasteiger partial charge < -0.3 is 9.13 Å². The Morgan fingerprint density at radius 2 is 0.884 bits per heavy atom. The normalized spacial score (nSPS) is 41.8. The van der Waals surface area contributed by atoms with Gasteiger partial charge in [-0.25, -0.2) is 9.35 Å². The molecule has 8 fully saturated rings. The van der Waals surface area contributed by atoms with Gasteiger partial charge in [-0.3, -0.25) is 0 Å². The molecule has 0 N–H and O–H groups in total. The first-order chi connectivity index (χ1) is 20.4. The van der Waals surface area contributed by atoms with Crippen molar-refractivity contribution in [3.05, 3.63) is 24.3 Å². The summed E-state index contributed by atoms with van der Waals surface area (Å²) >= 11 is 0. The van der Waals surface area contributed by atoms with Crippen LogP contribution in [-0.2, 0) is 0 Å². The lowest BCUT2D eigenvalue weighted by Gasteiger charge is -2.65. The molecular weight excluding hydrogens is 545 g/mol. The van der Waals surface area contributed by atoms with E-state index in [0.717, 1.165) is 48.6 Å². The van der Waals surface area contributed by atoms with Crippen LogP contribution in [0.5, 0.6) is 0 Å². The Morgan fingerprint density at radius 3 is 1.16 bits per heavy atom. The van der Waals surface area contributed by atoms with Crippen LogP contribution < -0.4 is 9.13 Å². The lowest BCUT2D eigenvalue weighted by molar-refractivity contribution is -0.0708. The van der Waals surface area contributed by atoms with Crippen LogP contribution in [0.15, 0.2) is 34.7 Å². The summed E-state index contributed by atoms with van der Waals surface area (Å²) in [6.07, 6.45) is 16.8. The molecule has 43 heavy (non-hydrogen) atoms. The highest BCUT2D eigenvalue weighted by molar-refractivity contribution is 6.84. The van der Waals surface area contributed by atoms with E-state index >= 15 is 0 Å². The molecule has 8 aliphatic carbocycles. The summed E-state index contributed by atoms with van der Waals surface area (Å²) in [4.78, 5) is 0. The summed E-state index contributed by atoms with van der Waals surface area (Å²) in [6.45, 7) is 16.8. The third kappa shape index (κ3) is 3.94. The van der Waals surface area contributed by atoms with Gasteiger partial charge in [0.2, 0.25) is 0 Å². The molecule has 0 unspecified atom stereocenters. The van der Waals surface area contributed by atoms with E-state index in [-0.39, 0.29) is 21.9 Å². The number of fused-ring (bicyclic) bond motifs is 1. The van der Waals surface area contributed by atoms with E-state index < -0.39 is 8.72 Å². The summed E-state index contributed by atoms with van der Waals surface area (Å²) < 4.78 is 11.7. The molecule has 0 saturated heterocycles. The molecule has 234 valence electrons. The molecule has 8 bridgehead atoms. The molecule has 1 spiro atoms. The first-order valence-corrected chi connectivity index (χ1v) is 19.8. The predicted molar refractivity (Wildman–Crippen MR) is 176 cm³/mol. The molecule has 8 saturated carbocycles. The van der Waals surface area contributed by atoms with Crippen molar-refractivity contribution in [1.29, 1.82) is 0 Å². The van der Waals surface area contributed by atoms with E-state index in [4.69, 9.17) is 10.4 Å². The minimum atomic E-state index is -2.88. The Hall–Kier alpha value is -1.76. The summed E-state index contributed by atoms with van der Waals surface area (Å²) in [7, 11) is -2.88. The fourth-order valence-corrected chi connectivity index (χ4v) is 18.9. The molecule has 7 heteroatoms. The van der Waals surface area contributed by atoms with Gasteiger partial charge in [0.15, 0.2) is 0 Å². The van der Waals surface area contributed by atoms with E-state index in [1.807, 2.05) is 0 Å². The molecule has 0 radical (unpaired) electrons. The van der Waals surface area contributed by atoms with Crippen molar-refractivity contribution in [2.24, 2.45) is 56.8 Å². The van der Waals surface area contributed by atoms with Crippen molar-refractivity contribution in [2.75, 3.05) is 22.2 Å². The van der Waals surface area contributed by atoms with Gasteiger partial charge in [-0.15, -0.1) is 0 Å². The number of para-hydroxylation sites is 2. The van der Waals surface area contributed by atoms with Crippen LogP contribution in [0.4, 0.5) is 11.4 Å². The monoisotopic (exact) mass is 600 g/mol. The van der Waals surface area contributed by atoms with E-state index in [1.54, 1.807) is 0 Å². The highest BCUT2D eigenvalue weighted by Crippen LogP contribution is 2.65. The fraction of sp³-hybridized carbons (Fsp3) is 0.833. The lowest BCUT2D eigenvalue weighted by Crippen LogP contribution is -2.86. The third-order valence-electron chi connectivity index (χ3n) is 13.2.